The number of para-hydroxylation sites is 1. The lowest BCUT2D eigenvalue weighted by atomic mass is 10.3. The van der Waals surface area contributed by atoms with Crippen LogP contribution >= 0.6 is 11.8 Å². The van der Waals surface area contributed by atoms with Gasteiger partial charge in [0.25, 0.3) is 10.0 Å². The summed E-state index contributed by atoms with van der Waals surface area (Å²) >= 11 is 1.61. The average molecular weight is 324 g/mol. The van der Waals surface area contributed by atoms with Crippen molar-refractivity contribution in [3.8, 4) is 0 Å². The van der Waals surface area contributed by atoms with Crippen molar-refractivity contribution < 1.29 is 12.8 Å². The molecule has 0 unspecified atom stereocenters. The highest BCUT2D eigenvalue weighted by molar-refractivity contribution is 8.00. The van der Waals surface area contributed by atoms with Crippen LogP contribution in [0.25, 0.3) is 0 Å². The van der Waals surface area contributed by atoms with Gasteiger partial charge in [-0.3, -0.25) is 4.31 Å². The minimum absolute atomic E-state index is 0.0910. The van der Waals surface area contributed by atoms with Crippen LogP contribution in [-0.4, -0.2) is 20.7 Å². The largest absolute Gasteiger partial charge is 0.399 e. The van der Waals surface area contributed by atoms with E-state index in [1.54, 1.807) is 23.9 Å². The number of nitrogens with two attached hydrogens (primary N) is 1. The first-order valence-corrected chi connectivity index (χ1v) is 8.72. The molecule has 110 valence electrons. The van der Waals surface area contributed by atoms with Gasteiger partial charge in [-0.1, -0.05) is 12.1 Å². The van der Waals surface area contributed by atoms with Gasteiger partial charge in [-0.25, -0.2) is 12.8 Å². The summed E-state index contributed by atoms with van der Waals surface area (Å²) in [5.41, 5.74) is 6.27. The van der Waals surface area contributed by atoms with Crippen LogP contribution in [0.15, 0.2) is 52.3 Å². The van der Waals surface area contributed by atoms with Gasteiger partial charge in [0.1, 0.15) is 5.82 Å². The van der Waals surface area contributed by atoms with Crippen molar-refractivity contribution in [2.24, 2.45) is 0 Å². The van der Waals surface area contributed by atoms with Crippen LogP contribution in [0.5, 0.6) is 0 Å². The lowest BCUT2D eigenvalue weighted by molar-refractivity contribution is 0.587. The predicted octanol–water partition coefficient (Wildman–Crippen LogP) is 2.71. The molecule has 1 aliphatic heterocycles. The molecule has 21 heavy (non-hydrogen) atoms. The summed E-state index contributed by atoms with van der Waals surface area (Å²) in [6.07, 6.45) is 0. The molecule has 7 heteroatoms. The zero-order chi connectivity index (χ0) is 15.0. The number of benzene rings is 2. The smallest absolute Gasteiger partial charge is 0.264 e. The Hall–Kier alpha value is -1.73. The molecule has 0 spiro atoms. The summed E-state index contributed by atoms with van der Waals surface area (Å²) in [5, 5.41) is 0. The van der Waals surface area contributed by atoms with Crippen LogP contribution in [0.4, 0.5) is 15.8 Å². The van der Waals surface area contributed by atoms with E-state index in [0.29, 0.717) is 18.0 Å². The SMILES string of the molecule is Nc1cc(F)cc(S(=O)(=O)N2CCSc3ccccc32)c1. The number of halogens is 1. The average Bonchev–Trinajstić information content (AvgIpc) is 2.45. The van der Waals surface area contributed by atoms with Gasteiger partial charge < -0.3 is 5.73 Å². The van der Waals surface area contributed by atoms with E-state index in [1.165, 1.54) is 10.4 Å². The maximum atomic E-state index is 13.5. The van der Waals surface area contributed by atoms with Gasteiger partial charge in [0.05, 0.1) is 10.6 Å². The highest BCUT2D eigenvalue weighted by Gasteiger charge is 2.29. The number of hydrogen-bond donors (Lipinski definition) is 1. The van der Waals surface area contributed by atoms with Crippen molar-refractivity contribution in [3.05, 3.63) is 48.3 Å². The Kier molecular flexibility index (Phi) is 3.54. The maximum absolute atomic E-state index is 13.5. The number of nitrogen functional groups attached to an aromatic ring is 1. The zero-order valence-electron chi connectivity index (χ0n) is 11.0. The molecule has 1 aliphatic rings. The van der Waals surface area contributed by atoms with Crippen molar-refractivity contribution >= 4 is 33.2 Å². The summed E-state index contributed by atoms with van der Waals surface area (Å²) < 4.78 is 40.3. The molecule has 0 aromatic heterocycles. The van der Waals surface area contributed by atoms with Crippen molar-refractivity contribution in [1.82, 2.24) is 0 Å². The number of anilines is 2. The summed E-state index contributed by atoms with van der Waals surface area (Å²) in [7, 11) is -3.82. The lowest BCUT2D eigenvalue weighted by Gasteiger charge is -2.30. The van der Waals surface area contributed by atoms with Crippen molar-refractivity contribution in [1.29, 1.82) is 0 Å². The third-order valence-corrected chi connectivity index (χ3v) is 6.00. The molecule has 0 saturated carbocycles. The molecule has 0 saturated heterocycles. The highest BCUT2D eigenvalue weighted by Crippen LogP contribution is 2.37. The fourth-order valence-corrected chi connectivity index (χ4v) is 4.97. The number of thioether (sulfide) groups is 1. The van der Waals surface area contributed by atoms with Crippen LogP contribution in [0.1, 0.15) is 0 Å². The van der Waals surface area contributed by atoms with Gasteiger partial charge in [-0.2, -0.15) is 0 Å². The van der Waals surface area contributed by atoms with Crippen LogP contribution in [0, 0.1) is 5.82 Å². The molecular weight excluding hydrogens is 311 g/mol. The summed E-state index contributed by atoms with van der Waals surface area (Å²) in [5.74, 6) is -0.00522. The Morgan fingerprint density at radius 2 is 1.95 bits per heavy atom. The normalized spacial score (nSPS) is 14.8. The molecule has 0 atom stereocenters. The third-order valence-electron chi connectivity index (χ3n) is 3.17. The van der Waals surface area contributed by atoms with E-state index in [1.807, 2.05) is 12.1 Å². The van der Waals surface area contributed by atoms with E-state index in [9.17, 15) is 12.8 Å². The van der Waals surface area contributed by atoms with E-state index in [4.69, 9.17) is 5.73 Å². The van der Waals surface area contributed by atoms with E-state index in [0.717, 1.165) is 17.0 Å². The number of fused-ring (bicyclic) bond motifs is 1. The number of sulfonamides is 1. The molecule has 2 aromatic carbocycles. The van der Waals surface area contributed by atoms with E-state index in [2.05, 4.69) is 0 Å². The molecule has 2 aromatic rings. The van der Waals surface area contributed by atoms with Gasteiger partial charge in [-0.15, -0.1) is 11.8 Å². The molecule has 0 bridgehead atoms. The molecule has 0 aliphatic carbocycles. The monoisotopic (exact) mass is 324 g/mol. The Morgan fingerprint density at radius 3 is 2.71 bits per heavy atom. The second-order valence-electron chi connectivity index (χ2n) is 4.61. The number of hydrogen-bond acceptors (Lipinski definition) is 4. The second kappa shape index (κ2) is 5.23. The number of nitrogens with zero attached hydrogens (tertiary/aromatic N) is 1. The first-order valence-electron chi connectivity index (χ1n) is 6.29. The van der Waals surface area contributed by atoms with Crippen LogP contribution < -0.4 is 10.0 Å². The van der Waals surface area contributed by atoms with Crippen molar-refractivity contribution in [2.75, 3.05) is 22.3 Å². The minimum atomic E-state index is -3.82. The van der Waals surface area contributed by atoms with Gasteiger partial charge in [-0.05, 0) is 30.3 Å². The third kappa shape index (κ3) is 2.58. The topological polar surface area (TPSA) is 63.4 Å². The lowest BCUT2D eigenvalue weighted by Crippen LogP contribution is -2.35. The molecule has 0 amide bonds. The predicted molar refractivity (Wildman–Crippen MR) is 82.5 cm³/mol. The Bertz CT molecular complexity index is 773. The van der Waals surface area contributed by atoms with Gasteiger partial charge in [0, 0.05) is 22.9 Å². The molecule has 2 N–H and O–H groups in total. The van der Waals surface area contributed by atoms with E-state index < -0.39 is 15.8 Å². The van der Waals surface area contributed by atoms with E-state index in [-0.39, 0.29) is 10.6 Å². The van der Waals surface area contributed by atoms with E-state index >= 15 is 0 Å². The van der Waals surface area contributed by atoms with Crippen LogP contribution in [-0.2, 0) is 10.0 Å². The molecule has 0 fully saturated rings. The highest BCUT2D eigenvalue weighted by atomic mass is 32.2. The fraction of sp³-hybridized carbons (Fsp3) is 0.143. The molecule has 4 nitrogen and oxygen atoms in total. The molecule has 3 rings (SSSR count). The molecule has 1 heterocycles. The maximum Gasteiger partial charge on any atom is 0.264 e. The Labute approximate surface area is 126 Å². The Morgan fingerprint density at radius 1 is 1.19 bits per heavy atom. The molecule has 0 radical (unpaired) electrons. The Balaban J connectivity index is 2.11. The van der Waals surface area contributed by atoms with Crippen molar-refractivity contribution in [2.45, 2.75) is 9.79 Å². The summed E-state index contributed by atoms with van der Waals surface area (Å²) in [4.78, 5) is 0.776. The fourth-order valence-electron chi connectivity index (χ4n) is 2.25. The quantitative estimate of drug-likeness (QED) is 0.863. The summed E-state index contributed by atoms with van der Waals surface area (Å²) in [6.45, 7) is 0.348. The summed E-state index contributed by atoms with van der Waals surface area (Å²) in [6, 6.07) is 10.6. The first-order chi connectivity index (χ1) is 9.98. The second-order valence-corrected chi connectivity index (χ2v) is 7.61. The molecular formula is C14H13FN2O2S2. The van der Waals surface area contributed by atoms with Gasteiger partial charge in [0.2, 0.25) is 0 Å². The van der Waals surface area contributed by atoms with Crippen LogP contribution in [0.2, 0.25) is 0 Å². The van der Waals surface area contributed by atoms with Crippen molar-refractivity contribution in [3.63, 3.8) is 0 Å². The zero-order valence-corrected chi connectivity index (χ0v) is 12.6. The first kappa shape index (κ1) is 14.2. The van der Waals surface area contributed by atoms with Gasteiger partial charge in [0.15, 0.2) is 0 Å². The van der Waals surface area contributed by atoms with Gasteiger partial charge >= 0.3 is 0 Å². The number of rotatable bonds is 2. The van der Waals surface area contributed by atoms with Crippen LogP contribution in [0.3, 0.4) is 0 Å². The minimum Gasteiger partial charge on any atom is -0.399 e. The standard InChI is InChI=1S/C14H13FN2O2S2/c15-10-7-11(16)9-12(8-10)21(18,19)17-5-6-20-14-4-2-1-3-13(14)17/h1-4,7-9H,5-6,16H2.